The predicted octanol–water partition coefficient (Wildman–Crippen LogP) is 9.64. The highest BCUT2D eigenvalue weighted by atomic mass is 15.1. The third-order valence-corrected chi connectivity index (χ3v) is 7.32. The van der Waals surface area contributed by atoms with Crippen molar-refractivity contribution in [3.05, 3.63) is 158 Å². The van der Waals surface area contributed by atoms with Gasteiger partial charge in [0.2, 0.25) is 0 Å². The fourth-order valence-corrected chi connectivity index (χ4v) is 5.39. The summed E-state index contributed by atoms with van der Waals surface area (Å²) in [4.78, 5) is 14.8. The molecule has 0 radical (unpaired) electrons. The lowest BCUT2D eigenvalue weighted by Gasteiger charge is -2.19. The van der Waals surface area contributed by atoms with E-state index in [1.54, 1.807) is 6.07 Å². The molecule has 0 saturated carbocycles. The van der Waals surface area contributed by atoms with Crippen LogP contribution in [0.15, 0.2) is 158 Å². The van der Waals surface area contributed by atoms with Crippen molar-refractivity contribution in [2.75, 3.05) is 0 Å². The number of benzene rings is 6. The van der Waals surface area contributed by atoms with Crippen LogP contribution >= 0.6 is 0 Å². The fourth-order valence-electron chi connectivity index (χ4n) is 5.39. The number of aromatic nitrogens is 4. The lowest BCUT2D eigenvalue weighted by Crippen LogP contribution is -2.05. The first kappa shape index (κ1) is 17.8. The molecular formula is C39H26N4. The first-order chi connectivity index (χ1) is 24.7. The lowest BCUT2D eigenvalue weighted by atomic mass is 9.98. The first-order valence-electron chi connectivity index (χ1n) is 17.7. The monoisotopic (exact) mass is 558 g/mol. The Kier molecular flexibility index (Phi) is 4.36. The molecule has 0 aliphatic carbocycles. The Labute approximate surface area is 260 Å². The van der Waals surface area contributed by atoms with Crippen LogP contribution in [0, 0.1) is 0 Å². The molecule has 0 fully saturated rings. The normalized spacial score (nSPS) is 13.9. The summed E-state index contributed by atoms with van der Waals surface area (Å²) in [5.41, 5.74) is 3.72. The SMILES string of the molecule is [2H]c1c([2H])c([2H])c2c(c1[2H])c1c([2H])c([2H])c([2H])c([2H])c1n2-c1c(-c2ccccc2)cccc1-c1nc(-c2ccccc2)nc(-c2ccccc2)n1. The number of rotatable bonds is 5. The Hall–Kier alpha value is -5.87. The molecule has 6 aromatic carbocycles. The zero-order chi connectivity index (χ0) is 35.6. The van der Waals surface area contributed by atoms with Crippen LogP contribution < -0.4 is 0 Å². The lowest BCUT2D eigenvalue weighted by molar-refractivity contribution is 1.06. The summed E-state index contributed by atoms with van der Waals surface area (Å²) in [6, 6.07) is 30.3. The molecule has 0 bridgehead atoms. The number of hydrogen-bond donors (Lipinski definition) is 0. The van der Waals surface area contributed by atoms with Crippen LogP contribution in [0.2, 0.25) is 0 Å². The number of fused-ring (bicyclic) bond motifs is 3. The molecule has 4 nitrogen and oxygen atoms in total. The van der Waals surface area contributed by atoms with Crippen molar-refractivity contribution in [2.45, 2.75) is 0 Å². The molecule has 0 amide bonds. The van der Waals surface area contributed by atoms with Gasteiger partial charge in [-0.1, -0.05) is 139 Å². The summed E-state index contributed by atoms with van der Waals surface area (Å²) in [5.74, 6) is 1.07. The second-order valence-corrected chi connectivity index (χ2v) is 9.89. The smallest absolute Gasteiger partial charge is 0.166 e. The molecular weight excluding hydrogens is 524 g/mol. The van der Waals surface area contributed by atoms with Crippen LogP contribution in [-0.2, 0) is 0 Å². The summed E-state index contributed by atoms with van der Waals surface area (Å²) < 4.78 is 72.2. The Balaban J connectivity index is 1.60. The quantitative estimate of drug-likeness (QED) is 0.211. The highest BCUT2D eigenvalue weighted by molar-refractivity contribution is 6.10. The average molecular weight is 559 g/mol. The molecule has 43 heavy (non-hydrogen) atoms. The van der Waals surface area contributed by atoms with Gasteiger partial charge in [0, 0.05) is 33.0 Å². The predicted molar refractivity (Wildman–Crippen MR) is 176 cm³/mol. The van der Waals surface area contributed by atoms with Gasteiger partial charge in [0.15, 0.2) is 17.5 Å². The van der Waals surface area contributed by atoms with Crippen LogP contribution in [-0.4, -0.2) is 19.5 Å². The molecule has 0 saturated heterocycles. The molecule has 0 atom stereocenters. The van der Waals surface area contributed by atoms with Crippen molar-refractivity contribution in [3.8, 4) is 51.0 Å². The molecule has 0 N–H and O–H groups in total. The van der Waals surface area contributed by atoms with Gasteiger partial charge in [-0.05, 0) is 23.7 Å². The molecule has 2 aromatic heterocycles. The van der Waals surface area contributed by atoms with Gasteiger partial charge in [-0.25, -0.2) is 15.0 Å². The molecule has 4 heteroatoms. The zero-order valence-corrected chi connectivity index (χ0v) is 22.7. The maximum atomic E-state index is 9.17. The Morgan fingerprint density at radius 3 is 1.40 bits per heavy atom. The third-order valence-electron chi connectivity index (χ3n) is 7.32. The van der Waals surface area contributed by atoms with Gasteiger partial charge in [0.05, 0.1) is 27.7 Å². The zero-order valence-electron chi connectivity index (χ0n) is 30.7. The van der Waals surface area contributed by atoms with Gasteiger partial charge >= 0.3 is 0 Å². The number of hydrogen-bond acceptors (Lipinski definition) is 3. The van der Waals surface area contributed by atoms with Crippen LogP contribution in [0.4, 0.5) is 0 Å². The molecule has 0 unspecified atom stereocenters. The highest BCUT2D eigenvalue weighted by Crippen LogP contribution is 2.40. The summed E-state index contributed by atoms with van der Waals surface area (Å²) in [6.45, 7) is 0. The second kappa shape index (κ2) is 10.5. The number of para-hydroxylation sites is 3. The fraction of sp³-hybridized carbons (Fsp3) is 0. The molecule has 8 aromatic rings. The molecule has 8 rings (SSSR count). The number of nitrogens with zero attached hydrogens (tertiary/aromatic N) is 4. The van der Waals surface area contributed by atoms with E-state index < -0.39 is 48.3 Å². The van der Waals surface area contributed by atoms with Crippen LogP contribution in [0.25, 0.3) is 72.8 Å². The third kappa shape index (κ3) is 4.37. The minimum absolute atomic E-state index is 0.00764. The molecule has 2 heterocycles. The van der Waals surface area contributed by atoms with Crippen molar-refractivity contribution in [3.63, 3.8) is 0 Å². The molecule has 0 spiro atoms. The summed E-state index contributed by atoms with van der Waals surface area (Å²) in [7, 11) is 0. The average Bonchev–Trinajstić information content (AvgIpc) is 3.54. The molecule has 0 aliphatic rings. The van der Waals surface area contributed by atoms with Gasteiger partial charge in [-0.2, -0.15) is 0 Å². The highest BCUT2D eigenvalue weighted by Gasteiger charge is 2.22. The van der Waals surface area contributed by atoms with E-state index in [2.05, 4.69) is 0 Å². The van der Waals surface area contributed by atoms with Crippen molar-refractivity contribution < 1.29 is 11.0 Å². The van der Waals surface area contributed by atoms with Crippen molar-refractivity contribution in [1.82, 2.24) is 19.5 Å². The van der Waals surface area contributed by atoms with Gasteiger partial charge in [-0.3, -0.25) is 0 Å². The maximum Gasteiger partial charge on any atom is 0.166 e. The van der Waals surface area contributed by atoms with Gasteiger partial charge in [-0.15, -0.1) is 0 Å². The van der Waals surface area contributed by atoms with E-state index in [-0.39, 0.29) is 27.6 Å². The standard InChI is InChI=1S/C39H26N4/c1-4-15-27(16-5-1)30-23-14-24-33(36(30)43-34-25-12-10-21-31(34)32-22-11-13-26-35(32)43)39-41-37(28-17-6-2-7-18-28)40-38(42-39)29-19-8-3-9-20-29/h1-26H/i10D,11D,12D,13D,21D,22D,25D,26D. The van der Waals surface area contributed by atoms with Gasteiger partial charge < -0.3 is 4.57 Å². The van der Waals surface area contributed by atoms with Gasteiger partial charge in [0.1, 0.15) is 0 Å². The Bertz CT molecular complexity index is 2530. The molecule has 0 aliphatic heterocycles. The first-order valence-corrected chi connectivity index (χ1v) is 13.7. The van der Waals surface area contributed by atoms with Gasteiger partial charge in [0.25, 0.3) is 0 Å². The minimum atomic E-state index is -0.506. The Morgan fingerprint density at radius 2 is 0.860 bits per heavy atom. The van der Waals surface area contributed by atoms with Crippen molar-refractivity contribution in [2.24, 2.45) is 0 Å². The largest absolute Gasteiger partial charge is 0.308 e. The minimum Gasteiger partial charge on any atom is -0.308 e. The van der Waals surface area contributed by atoms with Crippen LogP contribution in [0.3, 0.4) is 0 Å². The van der Waals surface area contributed by atoms with E-state index in [0.29, 0.717) is 28.5 Å². The Morgan fingerprint density at radius 1 is 0.419 bits per heavy atom. The maximum absolute atomic E-state index is 9.17. The molecule has 202 valence electrons. The van der Waals surface area contributed by atoms with Crippen LogP contribution in [0.1, 0.15) is 11.0 Å². The summed E-state index contributed by atoms with van der Waals surface area (Å²) >= 11 is 0. The van der Waals surface area contributed by atoms with E-state index in [9.17, 15) is 2.74 Å². The summed E-state index contributed by atoms with van der Waals surface area (Å²) in [5, 5.41) is -0.0233. The topological polar surface area (TPSA) is 43.6 Å². The van der Waals surface area contributed by atoms with E-state index >= 15 is 0 Å². The van der Waals surface area contributed by atoms with Crippen molar-refractivity contribution in [1.29, 1.82) is 0 Å². The van der Waals surface area contributed by atoms with E-state index in [1.807, 2.05) is 103 Å². The van der Waals surface area contributed by atoms with E-state index in [0.717, 1.165) is 16.7 Å². The summed E-state index contributed by atoms with van der Waals surface area (Å²) in [6.07, 6.45) is 0. The van der Waals surface area contributed by atoms with E-state index in [4.69, 9.17) is 23.2 Å². The van der Waals surface area contributed by atoms with E-state index in [1.165, 1.54) is 4.57 Å². The van der Waals surface area contributed by atoms with Crippen LogP contribution in [0.5, 0.6) is 0 Å². The van der Waals surface area contributed by atoms with Crippen molar-refractivity contribution >= 4 is 21.8 Å². The second-order valence-electron chi connectivity index (χ2n) is 9.89.